The van der Waals surface area contributed by atoms with Gasteiger partial charge in [-0.2, -0.15) is 0 Å². The minimum absolute atomic E-state index is 0.0377. The molecule has 1 fully saturated rings. The molecule has 1 aromatic carbocycles. The number of carbonyl (C=O) groups is 1. The molecule has 1 aliphatic heterocycles. The standard InChI is InChI=1S/C19H25FN4OS/c1-14-21-15(13-26-14)12-23-8-10-24(11-9-23)19(25)18(22(2)3)16-6-4-5-7-17(16)20/h4-7,13,18H,8-12H2,1-3H3/t18-/m1/s1. The van der Waals surface area contributed by atoms with Crippen molar-refractivity contribution in [1.29, 1.82) is 0 Å². The van der Waals surface area contributed by atoms with E-state index in [0.29, 0.717) is 18.7 Å². The van der Waals surface area contributed by atoms with Gasteiger partial charge in [0.2, 0.25) is 5.91 Å². The van der Waals surface area contributed by atoms with Gasteiger partial charge in [-0.3, -0.25) is 14.6 Å². The van der Waals surface area contributed by atoms with Crippen LogP contribution in [0.5, 0.6) is 0 Å². The maximum Gasteiger partial charge on any atom is 0.244 e. The first-order valence-corrected chi connectivity index (χ1v) is 9.66. The molecule has 1 amide bonds. The molecule has 7 heteroatoms. The normalized spacial score (nSPS) is 16.9. The molecule has 0 aliphatic carbocycles. The number of hydrogen-bond donors (Lipinski definition) is 0. The second kappa shape index (κ2) is 8.24. The third-order valence-electron chi connectivity index (χ3n) is 4.69. The van der Waals surface area contributed by atoms with E-state index < -0.39 is 6.04 Å². The lowest BCUT2D eigenvalue weighted by Gasteiger charge is -2.37. The molecule has 0 saturated carbocycles. The summed E-state index contributed by atoms with van der Waals surface area (Å²) < 4.78 is 14.2. The summed E-state index contributed by atoms with van der Waals surface area (Å²) in [7, 11) is 3.63. The molecule has 26 heavy (non-hydrogen) atoms. The Hall–Kier alpha value is -1.83. The Bertz CT molecular complexity index is 756. The quantitative estimate of drug-likeness (QED) is 0.804. The number of likely N-dealkylation sites (N-methyl/N-ethyl adjacent to an activating group) is 1. The zero-order valence-corrected chi connectivity index (χ0v) is 16.3. The predicted molar refractivity (Wildman–Crippen MR) is 102 cm³/mol. The Morgan fingerprint density at radius 1 is 1.27 bits per heavy atom. The van der Waals surface area contributed by atoms with E-state index in [1.54, 1.807) is 34.4 Å². The highest BCUT2D eigenvalue weighted by Gasteiger charge is 2.31. The van der Waals surface area contributed by atoms with Gasteiger partial charge in [-0.1, -0.05) is 18.2 Å². The van der Waals surface area contributed by atoms with Crippen molar-refractivity contribution in [3.8, 4) is 0 Å². The van der Waals surface area contributed by atoms with Crippen LogP contribution in [0.25, 0.3) is 0 Å². The molecule has 1 atom stereocenters. The van der Waals surface area contributed by atoms with Gasteiger partial charge in [-0.15, -0.1) is 11.3 Å². The molecule has 0 N–H and O–H groups in total. The number of aromatic nitrogens is 1. The van der Waals surface area contributed by atoms with Gasteiger partial charge in [0.1, 0.15) is 11.9 Å². The van der Waals surface area contributed by atoms with Crippen molar-refractivity contribution >= 4 is 17.2 Å². The molecule has 2 heterocycles. The molecular formula is C19H25FN4OS. The van der Waals surface area contributed by atoms with Gasteiger partial charge in [0, 0.05) is 43.7 Å². The molecule has 1 saturated heterocycles. The Kier molecular flexibility index (Phi) is 6.01. The number of rotatable bonds is 5. The molecule has 3 rings (SSSR count). The highest BCUT2D eigenvalue weighted by atomic mass is 32.1. The van der Waals surface area contributed by atoms with Gasteiger partial charge in [-0.25, -0.2) is 9.37 Å². The average molecular weight is 377 g/mol. The summed E-state index contributed by atoms with van der Waals surface area (Å²) in [5.41, 5.74) is 1.52. The highest BCUT2D eigenvalue weighted by molar-refractivity contribution is 7.09. The number of hydrogen-bond acceptors (Lipinski definition) is 5. The van der Waals surface area contributed by atoms with Crippen LogP contribution >= 0.6 is 11.3 Å². The Morgan fingerprint density at radius 3 is 2.54 bits per heavy atom. The van der Waals surface area contributed by atoms with Gasteiger partial charge in [0.15, 0.2) is 0 Å². The summed E-state index contributed by atoms with van der Waals surface area (Å²) in [6.07, 6.45) is 0. The molecular weight excluding hydrogens is 351 g/mol. The second-order valence-corrected chi connectivity index (χ2v) is 7.91. The van der Waals surface area contributed by atoms with Crippen LogP contribution in [0.1, 0.15) is 22.3 Å². The van der Waals surface area contributed by atoms with E-state index in [9.17, 15) is 9.18 Å². The van der Waals surface area contributed by atoms with Crippen LogP contribution in [0, 0.1) is 12.7 Å². The van der Waals surface area contributed by atoms with E-state index >= 15 is 0 Å². The van der Waals surface area contributed by atoms with Crippen molar-refractivity contribution in [2.75, 3.05) is 40.3 Å². The average Bonchev–Trinajstić information content (AvgIpc) is 3.02. The maximum absolute atomic E-state index is 14.2. The van der Waals surface area contributed by atoms with E-state index in [0.717, 1.165) is 30.3 Å². The summed E-state index contributed by atoms with van der Waals surface area (Å²) in [5, 5.41) is 3.17. The number of piperazine rings is 1. The van der Waals surface area contributed by atoms with E-state index in [1.807, 2.05) is 25.9 Å². The fourth-order valence-corrected chi connectivity index (χ4v) is 3.94. The lowest BCUT2D eigenvalue weighted by molar-refractivity contribution is -0.138. The predicted octanol–water partition coefficient (Wildman–Crippen LogP) is 2.54. The summed E-state index contributed by atoms with van der Waals surface area (Å²) >= 11 is 1.66. The highest BCUT2D eigenvalue weighted by Crippen LogP contribution is 2.24. The number of halogens is 1. The van der Waals surface area contributed by atoms with Crippen molar-refractivity contribution in [2.45, 2.75) is 19.5 Å². The lowest BCUT2D eigenvalue weighted by Crippen LogP contribution is -2.51. The van der Waals surface area contributed by atoms with Crippen LogP contribution in [0.2, 0.25) is 0 Å². The number of amides is 1. The van der Waals surface area contributed by atoms with Gasteiger partial charge in [0.05, 0.1) is 10.7 Å². The van der Waals surface area contributed by atoms with Crippen molar-refractivity contribution in [2.24, 2.45) is 0 Å². The van der Waals surface area contributed by atoms with Gasteiger partial charge in [-0.05, 0) is 27.1 Å². The summed E-state index contributed by atoms with van der Waals surface area (Å²) in [4.78, 5) is 23.5. The topological polar surface area (TPSA) is 39.7 Å². The third kappa shape index (κ3) is 4.28. The molecule has 0 radical (unpaired) electrons. The van der Waals surface area contributed by atoms with Crippen LogP contribution in [0.3, 0.4) is 0 Å². The number of thiazole rings is 1. The molecule has 2 aromatic rings. The van der Waals surface area contributed by atoms with Crippen LogP contribution in [-0.2, 0) is 11.3 Å². The first-order chi connectivity index (χ1) is 12.5. The van der Waals surface area contributed by atoms with E-state index in [1.165, 1.54) is 6.07 Å². The fraction of sp³-hybridized carbons (Fsp3) is 0.474. The molecule has 5 nitrogen and oxygen atoms in total. The lowest BCUT2D eigenvalue weighted by atomic mass is 10.0. The zero-order valence-electron chi connectivity index (χ0n) is 15.5. The van der Waals surface area contributed by atoms with Crippen molar-refractivity contribution < 1.29 is 9.18 Å². The van der Waals surface area contributed by atoms with Gasteiger partial charge >= 0.3 is 0 Å². The van der Waals surface area contributed by atoms with Crippen LogP contribution < -0.4 is 0 Å². The van der Waals surface area contributed by atoms with Crippen LogP contribution in [0.15, 0.2) is 29.6 Å². The van der Waals surface area contributed by atoms with Crippen molar-refractivity contribution in [3.63, 3.8) is 0 Å². The first kappa shape index (κ1) is 18.9. The Balaban J connectivity index is 1.64. The van der Waals surface area contributed by atoms with Crippen molar-refractivity contribution in [3.05, 3.63) is 51.7 Å². The first-order valence-electron chi connectivity index (χ1n) is 8.78. The third-order valence-corrected chi connectivity index (χ3v) is 5.51. The van der Waals surface area contributed by atoms with Crippen LogP contribution in [-0.4, -0.2) is 65.9 Å². The van der Waals surface area contributed by atoms with E-state index in [-0.39, 0.29) is 11.7 Å². The van der Waals surface area contributed by atoms with Crippen molar-refractivity contribution in [1.82, 2.24) is 19.7 Å². The largest absolute Gasteiger partial charge is 0.338 e. The van der Waals surface area contributed by atoms with E-state index in [2.05, 4.69) is 15.3 Å². The summed E-state index contributed by atoms with van der Waals surface area (Å²) in [6.45, 7) is 5.74. The summed E-state index contributed by atoms with van der Waals surface area (Å²) in [5.74, 6) is -0.374. The number of nitrogens with zero attached hydrogens (tertiary/aromatic N) is 4. The molecule has 0 unspecified atom stereocenters. The minimum Gasteiger partial charge on any atom is -0.338 e. The molecule has 1 aromatic heterocycles. The smallest absolute Gasteiger partial charge is 0.244 e. The zero-order chi connectivity index (χ0) is 18.7. The molecule has 140 valence electrons. The maximum atomic E-state index is 14.2. The monoisotopic (exact) mass is 376 g/mol. The molecule has 0 spiro atoms. The fourth-order valence-electron chi connectivity index (χ4n) is 3.34. The molecule has 0 bridgehead atoms. The van der Waals surface area contributed by atoms with E-state index in [4.69, 9.17) is 0 Å². The van der Waals surface area contributed by atoms with Crippen LogP contribution in [0.4, 0.5) is 4.39 Å². The number of benzene rings is 1. The Morgan fingerprint density at radius 2 is 1.96 bits per heavy atom. The van der Waals surface area contributed by atoms with Gasteiger partial charge < -0.3 is 4.90 Å². The Labute approximate surface area is 158 Å². The molecule has 1 aliphatic rings. The minimum atomic E-state index is -0.594. The number of aryl methyl sites for hydroxylation is 1. The second-order valence-electron chi connectivity index (χ2n) is 6.85. The SMILES string of the molecule is Cc1nc(CN2CCN(C(=O)[C@@H](c3ccccc3F)N(C)C)CC2)cs1. The summed E-state index contributed by atoms with van der Waals surface area (Å²) in [6, 6.07) is 5.93. The van der Waals surface area contributed by atoms with Gasteiger partial charge in [0.25, 0.3) is 0 Å². The number of carbonyl (C=O) groups excluding carboxylic acids is 1.